The van der Waals surface area contributed by atoms with Gasteiger partial charge >= 0.3 is 5.97 Å². The molecule has 0 spiro atoms. The van der Waals surface area contributed by atoms with E-state index in [0.717, 1.165) is 49.0 Å². The van der Waals surface area contributed by atoms with Gasteiger partial charge in [0.05, 0.1) is 17.5 Å². The topological polar surface area (TPSA) is 84.2 Å². The van der Waals surface area contributed by atoms with Crippen molar-refractivity contribution >= 4 is 34.2 Å². The SMILES string of the molecule is O=C(O)CC(NC(=O)c1ccc2c(c1)nc(Cc1cccs1)n2C1CCCCC1)C1CCCCC1. The van der Waals surface area contributed by atoms with Gasteiger partial charge < -0.3 is 15.0 Å². The van der Waals surface area contributed by atoms with E-state index in [4.69, 9.17) is 4.98 Å². The van der Waals surface area contributed by atoms with Gasteiger partial charge in [-0.2, -0.15) is 0 Å². The number of aliphatic carboxylic acids is 1. The molecule has 7 heteroatoms. The maximum Gasteiger partial charge on any atom is 0.305 e. The highest BCUT2D eigenvalue weighted by Crippen LogP contribution is 2.34. The lowest BCUT2D eigenvalue weighted by atomic mass is 9.82. The van der Waals surface area contributed by atoms with Crippen molar-refractivity contribution in [1.82, 2.24) is 14.9 Å². The number of hydrogen-bond donors (Lipinski definition) is 2. The zero-order valence-electron chi connectivity index (χ0n) is 20.2. The first-order valence-electron chi connectivity index (χ1n) is 13.1. The molecule has 2 N–H and O–H groups in total. The van der Waals surface area contributed by atoms with E-state index in [1.807, 2.05) is 18.2 Å². The van der Waals surface area contributed by atoms with Gasteiger partial charge in [0.15, 0.2) is 0 Å². The number of aromatic nitrogens is 2. The number of carboxylic acids is 1. The highest BCUT2D eigenvalue weighted by Gasteiger charge is 2.28. The molecular formula is C28H35N3O3S. The number of thiophene rings is 1. The van der Waals surface area contributed by atoms with Crippen molar-refractivity contribution in [2.75, 3.05) is 0 Å². The molecule has 1 amide bonds. The fourth-order valence-corrected chi connectivity index (χ4v) is 6.74. The van der Waals surface area contributed by atoms with Crippen LogP contribution in [-0.4, -0.2) is 32.6 Å². The average molecular weight is 494 g/mol. The highest BCUT2D eigenvalue weighted by atomic mass is 32.1. The summed E-state index contributed by atoms with van der Waals surface area (Å²) in [6, 6.07) is 10.2. The molecule has 0 radical (unpaired) electrons. The quantitative estimate of drug-likeness (QED) is 0.383. The van der Waals surface area contributed by atoms with Gasteiger partial charge in [-0.15, -0.1) is 11.3 Å². The van der Waals surface area contributed by atoms with Gasteiger partial charge in [-0.05, 0) is 61.2 Å². The lowest BCUT2D eigenvalue weighted by Gasteiger charge is -2.30. The first-order chi connectivity index (χ1) is 17.1. The molecule has 1 atom stereocenters. The van der Waals surface area contributed by atoms with Crippen LogP contribution in [0.15, 0.2) is 35.7 Å². The summed E-state index contributed by atoms with van der Waals surface area (Å²) < 4.78 is 2.42. The number of carbonyl (C=O) groups excluding carboxylic acids is 1. The van der Waals surface area contributed by atoms with E-state index < -0.39 is 5.97 Å². The minimum atomic E-state index is -0.860. The van der Waals surface area contributed by atoms with E-state index >= 15 is 0 Å². The number of nitrogens with zero attached hydrogens (tertiary/aromatic N) is 2. The summed E-state index contributed by atoms with van der Waals surface area (Å²) >= 11 is 1.75. The van der Waals surface area contributed by atoms with Crippen molar-refractivity contribution in [2.24, 2.45) is 5.92 Å². The van der Waals surface area contributed by atoms with Crippen molar-refractivity contribution in [1.29, 1.82) is 0 Å². The number of amides is 1. The summed E-state index contributed by atoms with van der Waals surface area (Å²) in [5.74, 6) is 0.241. The summed E-state index contributed by atoms with van der Waals surface area (Å²) in [7, 11) is 0. The van der Waals surface area contributed by atoms with Gasteiger partial charge in [-0.25, -0.2) is 4.98 Å². The Kier molecular flexibility index (Phi) is 7.51. The maximum atomic E-state index is 13.2. The number of carbonyl (C=O) groups is 2. The van der Waals surface area contributed by atoms with E-state index in [0.29, 0.717) is 11.6 Å². The summed E-state index contributed by atoms with van der Waals surface area (Å²) in [6.45, 7) is 0. The number of carboxylic acid groups (broad SMARTS) is 1. The highest BCUT2D eigenvalue weighted by molar-refractivity contribution is 7.09. The predicted octanol–water partition coefficient (Wildman–Crippen LogP) is 6.35. The van der Waals surface area contributed by atoms with Gasteiger partial charge in [0, 0.05) is 28.9 Å². The van der Waals surface area contributed by atoms with Gasteiger partial charge in [-0.1, -0.05) is 44.6 Å². The molecule has 2 heterocycles. The molecule has 2 aromatic heterocycles. The van der Waals surface area contributed by atoms with Gasteiger partial charge in [0.25, 0.3) is 5.91 Å². The molecule has 3 aromatic rings. The number of nitrogens with one attached hydrogen (secondary N) is 1. The number of hydrogen-bond acceptors (Lipinski definition) is 4. The molecular weight excluding hydrogens is 458 g/mol. The standard InChI is InChI=1S/C28H35N3O3S/c32-27(33)18-23(19-8-3-1-4-9-19)30-28(34)20-13-14-25-24(16-20)29-26(17-22-12-7-15-35-22)31(25)21-10-5-2-6-11-21/h7,12-16,19,21,23H,1-6,8-11,17-18H2,(H,30,34)(H,32,33). The van der Waals surface area contributed by atoms with E-state index in [9.17, 15) is 14.7 Å². The summed E-state index contributed by atoms with van der Waals surface area (Å²) in [6.07, 6.45) is 12.3. The fraction of sp³-hybridized carbons (Fsp3) is 0.536. The van der Waals surface area contributed by atoms with Gasteiger partial charge in [0.2, 0.25) is 0 Å². The smallest absolute Gasteiger partial charge is 0.305 e. The van der Waals surface area contributed by atoms with Gasteiger partial charge in [0.1, 0.15) is 5.82 Å². The van der Waals surface area contributed by atoms with Crippen molar-refractivity contribution in [3.05, 3.63) is 52.0 Å². The van der Waals surface area contributed by atoms with Crippen LogP contribution < -0.4 is 5.32 Å². The van der Waals surface area contributed by atoms with E-state index in [1.54, 1.807) is 11.3 Å². The number of benzene rings is 1. The molecule has 0 aliphatic heterocycles. The average Bonchev–Trinajstić information content (AvgIpc) is 3.51. The second-order valence-corrected chi connectivity index (χ2v) is 11.3. The normalized spacial score (nSPS) is 18.5. The molecule has 1 unspecified atom stereocenters. The summed E-state index contributed by atoms with van der Waals surface area (Å²) in [5.41, 5.74) is 2.50. The molecule has 0 bridgehead atoms. The third-order valence-electron chi connectivity index (χ3n) is 7.81. The Labute approximate surface area is 210 Å². The Morgan fingerprint density at radius 2 is 1.80 bits per heavy atom. The van der Waals surface area contributed by atoms with Crippen LogP contribution in [-0.2, 0) is 11.2 Å². The Balaban J connectivity index is 1.42. The fourth-order valence-electron chi connectivity index (χ4n) is 6.04. The molecule has 0 saturated heterocycles. The molecule has 2 fully saturated rings. The lowest BCUT2D eigenvalue weighted by molar-refractivity contribution is -0.137. The molecule has 2 aliphatic rings. The minimum absolute atomic E-state index is 0.0279. The number of rotatable bonds is 8. The summed E-state index contributed by atoms with van der Waals surface area (Å²) in [4.78, 5) is 31.0. The van der Waals surface area contributed by atoms with Crippen LogP contribution >= 0.6 is 11.3 Å². The van der Waals surface area contributed by atoms with Crippen LogP contribution in [0.3, 0.4) is 0 Å². The molecule has 5 rings (SSSR count). The van der Waals surface area contributed by atoms with Crippen LogP contribution in [0.5, 0.6) is 0 Å². The van der Waals surface area contributed by atoms with Crippen LogP contribution in [0.2, 0.25) is 0 Å². The Bertz CT molecular complexity index is 1160. The third kappa shape index (κ3) is 5.61. The number of imidazole rings is 1. The van der Waals surface area contributed by atoms with E-state index in [2.05, 4.69) is 27.4 Å². The zero-order chi connectivity index (χ0) is 24.2. The van der Waals surface area contributed by atoms with E-state index in [1.165, 1.54) is 43.4 Å². The molecule has 35 heavy (non-hydrogen) atoms. The minimum Gasteiger partial charge on any atom is -0.481 e. The predicted molar refractivity (Wildman–Crippen MR) is 139 cm³/mol. The van der Waals surface area contributed by atoms with Crippen LogP contribution in [0.1, 0.15) is 97.7 Å². The molecule has 186 valence electrons. The Morgan fingerprint density at radius 3 is 2.49 bits per heavy atom. The van der Waals surface area contributed by atoms with Crippen molar-refractivity contribution < 1.29 is 14.7 Å². The van der Waals surface area contributed by atoms with E-state index in [-0.39, 0.29) is 24.3 Å². The van der Waals surface area contributed by atoms with Crippen molar-refractivity contribution in [2.45, 2.75) is 89.1 Å². The van der Waals surface area contributed by atoms with Crippen molar-refractivity contribution in [3.63, 3.8) is 0 Å². The molecule has 1 aromatic carbocycles. The largest absolute Gasteiger partial charge is 0.481 e. The Morgan fingerprint density at radius 1 is 1.06 bits per heavy atom. The molecule has 2 aliphatic carbocycles. The van der Waals surface area contributed by atoms with Crippen molar-refractivity contribution in [3.8, 4) is 0 Å². The number of fused-ring (bicyclic) bond motifs is 1. The van der Waals surface area contributed by atoms with Crippen LogP contribution in [0, 0.1) is 5.92 Å². The second-order valence-electron chi connectivity index (χ2n) is 10.2. The Hall–Kier alpha value is -2.67. The maximum absolute atomic E-state index is 13.2. The first-order valence-corrected chi connectivity index (χ1v) is 14.0. The molecule has 2 saturated carbocycles. The van der Waals surface area contributed by atoms with Crippen LogP contribution in [0.25, 0.3) is 11.0 Å². The molecule has 6 nitrogen and oxygen atoms in total. The second kappa shape index (κ2) is 10.9. The van der Waals surface area contributed by atoms with Crippen LogP contribution in [0.4, 0.5) is 0 Å². The first kappa shape index (κ1) is 24.0. The summed E-state index contributed by atoms with van der Waals surface area (Å²) in [5, 5.41) is 14.6. The van der Waals surface area contributed by atoms with Gasteiger partial charge in [-0.3, -0.25) is 9.59 Å². The lowest BCUT2D eigenvalue weighted by Crippen LogP contribution is -2.42. The third-order valence-corrected chi connectivity index (χ3v) is 8.68. The monoisotopic (exact) mass is 493 g/mol. The zero-order valence-corrected chi connectivity index (χ0v) is 21.1.